The quantitative estimate of drug-likeness (QED) is 0.161. The van der Waals surface area contributed by atoms with Crippen LogP contribution in [0.3, 0.4) is 0 Å². The van der Waals surface area contributed by atoms with Gasteiger partial charge in [0, 0.05) is 27.3 Å². The molecule has 0 aliphatic heterocycles. The molecule has 0 fully saturated rings. The molecule has 1 aromatic heterocycles. The van der Waals surface area contributed by atoms with Gasteiger partial charge in [0.05, 0.1) is 17.0 Å². The van der Waals surface area contributed by atoms with Crippen LogP contribution >= 0.6 is 0 Å². The zero-order chi connectivity index (χ0) is 28.4. The molecule has 0 saturated carbocycles. The Balaban J connectivity index is 1.56. The van der Waals surface area contributed by atoms with Crippen molar-refractivity contribution in [3.05, 3.63) is 149 Å². The first kappa shape index (κ1) is 24.6. The molecule has 0 saturated heterocycles. The number of aliphatic imine (C=N–C) groups is 1. The van der Waals surface area contributed by atoms with Gasteiger partial charge < -0.3 is 4.42 Å². The lowest BCUT2D eigenvalue weighted by atomic mass is 9.88. The molecule has 42 heavy (non-hydrogen) atoms. The van der Waals surface area contributed by atoms with Crippen molar-refractivity contribution < 1.29 is 4.42 Å². The molecule has 0 aliphatic rings. The number of fused-ring (bicyclic) bond motifs is 5. The highest BCUT2D eigenvalue weighted by Gasteiger charge is 2.25. The number of allylic oxidation sites excluding steroid dienone is 1. The van der Waals surface area contributed by atoms with E-state index < -0.39 is 0 Å². The first-order valence-corrected chi connectivity index (χ1v) is 14.5. The second-order valence-electron chi connectivity index (χ2n) is 11.3. The van der Waals surface area contributed by atoms with E-state index in [9.17, 15) is 0 Å². The van der Waals surface area contributed by atoms with Crippen LogP contribution in [0, 0.1) is 6.92 Å². The van der Waals surface area contributed by atoms with Crippen LogP contribution in [-0.2, 0) is 0 Å². The van der Waals surface area contributed by atoms with Crippen molar-refractivity contribution in [1.82, 2.24) is 0 Å². The Kier molecular flexibility index (Phi) is 5.52. The van der Waals surface area contributed by atoms with Gasteiger partial charge in [0.2, 0.25) is 0 Å². The van der Waals surface area contributed by atoms with Crippen molar-refractivity contribution in [2.24, 2.45) is 4.99 Å². The second kappa shape index (κ2) is 9.43. The third kappa shape index (κ3) is 3.55. The van der Waals surface area contributed by atoms with Crippen molar-refractivity contribution >= 4 is 65.7 Å². The van der Waals surface area contributed by atoms with Crippen molar-refractivity contribution in [3.63, 3.8) is 0 Å². The van der Waals surface area contributed by atoms with Gasteiger partial charge in [0.1, 0.15) is 11.2 Å². The Labute approximate surface area is 244 Å². The van der Waals surface area contributed by atoms with Gasteiger partial charge in [0.25, 0.3) is 0 Å². The van der Waals surface area contributed by atoms with Gasteiger partial charge in [-0.3, -0.25) is 0 Å². The summed E-state index contributed by atoms with van der Waals surface area (Å²) < 4.78 is 6.87. The summed E-state index contributed by atoms with van der Waals surface area (Å²) in [7, 11) is 0. The Morgan fingerprint density at radius 1 is 0.548 bits per heavy atom. The van der Waals surface area contributed by atoms with Crippen molar-refractivity contribution in [3.8, 4) is 0 Å². The SMILES string of the molecule is CC(C)=C(N=C(c1ccccc1)c1ccccc1C)c1c2ccccc2c2c3ccccc3c3cccc4oc1c2c43. The van der Waals surface area contributed by atoms with Crippen LogP contribution in [0.25, 0.3) is 60.0 Å². The van der Waals surface area contributed by atoms with Gasteiger partial charge in [0.15, 0.2) is 0 Å². The van der Waals surface area contributed by atoms with Crippen LogP contribution in [0.15, 0.2) is 136 Å². The molecule has 200 valence electrons. The molecular weight excluding hydrogens is 510 g/mol. The average Bonchev–Trinajstić information content (AvgIpc) is 3.41. The van der Waals surface area contributed by atoms with Crippen LogP contribution in [0.2, 0.25) is 0 Å². The summed E-state index contributed by atoms with van der Waals surface area (Å²) >= 11 is 0. The molecule has 8 rings (SSSR count). The van der Waals surface area contributed by atoms with E-state index in [-0.39, 0.29) is 0 Å². The van der Waals surface area contributed by atoms with E-state index in [4.69, 9.17) is 9.41 Å². The molecule has 0 N–H and O–H groups in total. The number of rotatable bonds is 4. The molecule has 0 atom stereocenters. The standard InChI is InChI=1S/C40H29NO/c1-24(2)38(41-39(26-15-5-4-6-16-26)27-17-8-7-14-25(27)3)36-32-21-12-11-20-31(32)34-29-19-10-9-18-28(29)30-22-13-23-33-35(30)37(34)40(36)42-33/h4-23H,1-3H3. The predicted octanol–water partition coefficient (Wildman–Crippen LogP) is 11.1. The van der Waals surface area contributed by atoms with Crippen LogP contribution in [0.1, 0.15) is 36.1 Å². The lowest BCUT2D eigenvalue weighted by molar-refractivity contribution is 0.668. The zero-order valence-electron chi connectivity index (χ0n) is 23.9. The van der Waals surface area contributed by atoms with Gasteiger partial charge in [-0.15, -0.1) is 0 Å². The first-order chi connectivity index (χ1) is 20.6. The fourth-order valence-corrected chi connectivity index (χ4v) is 6.66. The Morgan fingerprint density at radius 2 is 1.14 bits per heavy atom. The summed E-state index contributed by atoms with van der Waals surface area (Å²) in [5.41, 5.74) is 9.30. The molecule has 2 heteroatoms. The molecular formula is C40H29NO. The van der Waals surface area contributed by atoms with Gasteiger partial charge in [-0.1, -0.05) is 115 Å². The summed E-state index contributed by atoms with van der Waals surface area (Å²) in [5, 5.41) is 9.71. The molecule has 1 heterocycles. The van der Waals surface area contributed by atoms with Gasteiger partial charge >= 0.3 is 0 Å². The van der Waals surface area contributed by atoms with Crippen molar-refractivity contribution in [1.29, 1.82) is 0 Å². The van der Waals surface area contributed by atoms with Crippen LogP contribution in [0.5, 0.6) is 0 Å². The third-order valence-electron chi connectivity index (χ3n) is 8.53. The summed E-state index contributed by atoms with van der Waals surface area (Å²) in [4.78, 5) is 5.57. The summed E-state index contributed by atoms with van der Waals surface area (Å²) in [6.07, 6.45) is 0. The highest BCUT2D eigenvalue weighted by molar-refractivity contribution is 6.39. The predicted molar refractivity (Wildman–Crippen MR) is 179 cm³/mol. The lowest BCUT2D eigenvalue weighted by Crippen LogP contribution is -2.06. The minimum atomic E-state index is 0.901. The van der Waals surface area contributed by atoms with E-state index in [1.54, 1.807) is 0 Å². The maximum Gasteiger partial charge on any atom is 0.146 e. The van der Waals surface area contributed by atoms with E-state index in [0.29, 0.717) is 0 Å². The van der Waals surface area contributed by atoms with Crippen LogP contribution < -0.4 is 0 Å². The number of aryl methyl sites for hydroxylation is 1. The van der Waals surface area contributed by atoms with E-state index in [1.807, 2.05) is 0 Å². The Morgan fingerprint density at radius 3 is 1.88 bits per heavy atom. The Bertz CT molecular complexity index is 2370. The summed E-state index contributed by atoms with van der Waals surface area (Å²) in [6.45, 7) is 6.47. The van der Waals surface area contributed by atoms with E-state index >= 15 is 0 Å². The molecule has 0 spiro atoms. The minimum absolute atomic E-state index is 0.901. The first-order valence-electron chi connectivity index (χ1n) is 14.5. The number of hydrogen-bond acceptors (Lipinski definition) is 2. The highest BCUT2D eigenvalue weighted by Crippen LogP contribution is 2.49. The maximum absolute atomic E-state index is 6.87. The zero-order valence-corrected chi connectivity index (χ0v) is 23.9. The second-order valence-corrected chi connectivity index (χ2v) is 11.3. The molecule has 0 amide bonds. The molecule has 8 aromatic rings. The van der Waals surface area contributed by atoms with Gasteiger partial charge in [-0.05, 0) is 64.9 Å². The monoisotopic (exact) mass is 539 g/mol. The smallest absolute Gasteiger partial charge is 0.146 e. The van der Waals surface area contributed by atoms with E-state index in [2.05, 4.69) is 142 Å². The Hall–Kier alpha value is -5.21. The minimum Gasteiger partial charge on any atom is -0.455 e. The third-order valence-corrected chi connectivity index (χ3v) is 8.53. The number of furan rings is 1. The van der Waals surface area contributed by atoms with E-state index in [0.717, 1.165) is 50.2 Å². The average molecular weight is 540 g/mol. The normalized spacial score (nSPS) is 12.3. The number of nitrogens with zero attached hydrogens (tertiary/aromatic N) is 1. The van der Waals surface area contributed by atoms with Gasteiger partial charge in [-0.25, -0.2) is 4.99 Å². The molecule has 7 aromatic carbocycles. The number of hydrogen-bond donors (Lipinski definition) is 0. The fourth-order valence-electron chi connectivity index (χ4n) is 6.66. The lowest BCUT2D eigenvalue weighted by Gasteiger charge is -2.17. The van der Waals surface area contributed by atoms with Crippen molar-refractivity contribution in [2.45, 2.75) is 20.8 Å². The highest BCUT2D eigenvalue weighted by atomic mass is 16.3. The molecule has 0 unspecified atom stereocenters. The van der Waals surface area contributed by atoms with Gasteiger partial charge in [-0.2, -0.15) is 0 Å². The summed E-state index contributed by atoms with van der Waals surface area (Å²) in [5.74, 6) is 0. The molecule has 0 aliphatic carbocycles. The molecule has 0 radical (unpaired) electrons. The maximum atomic E-state index is 6.87. The summed E-state index contributed by atoms with van der Waals surface area (Å²) in [6, 6.07) is 42.9. The van der Waals surface area contributed by atoms with Crippen molar-refractivity contribution in [2.75, 3.05) is 0 Å². The van der Waals surface area contributed by atoms with E-state index in [1.165, 1.54) is 43.3 Å². The molecule has 2 nitrogen and oxygen atoms in total. The number of benzene rings is 7. The van der Waals surface area contributed by atoms with Crippen LogP contribution in [0.4, 0.5) is 0 Å². The topological polar surface area (TPSA) is 25.5 Å². The largest absolute Gasteiger partial charge is 0.455 e. The molecule has 0 bridgehead atoms. The van der Waals surface area contributed by atoms with Crippen LogP contribution in [-0.4, -0.2) is 5.71 Å². The fraction of sp³-hybridized carbons (Fsp3) is 0.0750.